The Morgan fingerprint density at radius 2 is 1.50 bits per heavy atom. The van der Waals surface area contributed by atoms with Crippen molar-refractivity contribution >= 4 is 0 Å². The third-order valence-corrected chi connectivity index (χ3v) is 4.15. The molecule has 0 N–H and O–H groups in total. The van der Waals surface area contributed by atoms with Crippen molar-refractivity contribution in [3.8, 4) is 0 Å². The second-order valence-electron chi connectivity index (χ2n) is 6.51. The molecule has 0 atom stereocenters. The summed E-state index contributed by atoms with van der Waals surface area (Å²) in [5.74, 6) is 0. The first-order valence-corrected chi connectivity index (χ1v) is 9.96. The molecule has 0 heterocycles. The number of hydrogen-bond acceptors (Lipinski definition) is 1. The lowest BCUT2D eigenvalue weighted by atomic mass is 9.94. The lowest BCUT2D eigenvalue weighted by Gasteiger charge is -2.33. The van der Waals surface area contributed by atoms with Gasteiger partial charge in [0.05, 0.1) is 0 Å². The van der Waals surface area contributed by atoms with Crippen LogP contribution in [0.15, 0.2) is 11.6 Å². The van der Waals surface area contributed by atoms with Crippen molar-refractivity contribution in [1.82, 2.24) is 4.90 Å². The summed E-state index contributed by atoms with van der Waals surface area (Å²) in [6, 6.07) is 0.920. The highest BCUT2D eigenvalue weighted by atomic mass is 15.1. The average molecular weight is 312 g/mol. The van der Waals surface area contributed by atoms with Gasteiger partial charge in [-0.05, 0) is 52.6 Å². The highest BCUT2D eigenvalue weighted by Gasteiger charge is 2.18. The van der Waals surface area contributed by atoms with Gasteiger partial charge in [-0.15, -0.1) is 0 Å². The van der Waals surface area contributed by atoms with Crippen LogP contribution in [0.2, 0.25) is 0 Å². The monoisotopic (exact) mass is 311 g/mol. The Morgan fingerprint density at radius 3 is 1.82 bits per heavy atom. The van der Waals surface area contributed by atoms with Crippen LogP contribution >= 0.6 is 0 Å². The fraction of sp³-hybridized carbons (Fsp3) is 0.905. The molecule has 1 nitrogen and oxygen atoms in total. The molecule has 1 rings (SSSR count). The molecule has 0 saturated heterocycles. The van der Waals surface area contributed by atoms with Crippen molar-refractivity contribution in [3.05, 3.63) is 11.6 Å². The van der Waals surface area contributed by atoms with Crippen LogP contribution in [0.25, 0.3) is 0 Å². The molecule has 1 fully saturated rings. The molecule has 0 aliphatic heterocycles. The third kappa shape index (κ3) is 14.6. The zero-order valence-corrected chi connectivity index (χ0v) is 16.9. The largest absolute Gasteiger partial charge is 0.301 e. The van der Waals surface area contributed by atoms with Gasteiger partial charge in [0.1, 0.15) is 0 Å². The van der Waals surface area contributed by atoms with Gasteiger partial charge in [-0.25, -0.2) is 0 Å². The summed E-state index contributed by atoms with van der Waals surface area (Å²) in [6.45, 7) is 17.8. The second kappa shape index (κ2) is 18.7. The number of allylic oxidation sites excluding steroid dienone is 2. The smallest absolute Gasteiger partial charge is 0.00951 e. The molecule has 0 amide bonds. The molecule has 1 heteroatoms. The maximum Gasteiger partial charge on any atom is 0.00951 e. The molecule has 22 heavy (non-hydrogen) atoms. The highest BCUT2D eigenvalue weighted by molar-refractivity contribution is 4.94. The molecule has 0 radical (unpaired) electrons. The van der Waals surface area contributed by atoms with E-state index in [1.807, 2.05) is 0 Å². The van der Waals surface area contributed by atoms with E-state index >= 15 is 0 Å². The Morgan fingerprint density at radius 1 is 0.955 bits per heavy atom. The van der Waals surface area contributed by atoms with E-state index in [-0.39, 0.29) is 0 Å². The summed E-state index contributed by atoms with van der Waals surface area (Å²) >= 11 is 0. The molecule has 0 spiro atoms. The van der Waals surface area contributed by atoms with E-state index in [4.69, 9.17) is 0 Å². The Labute approximate surface area is 142 Å². The van der Waals surface area contributed by atoms with Crippen molar-refractivity contribution < 1.29 is 0 Å². The Bertz CT molecular complexity index is 223. The van der Waals surface area contributed by atoms with Crippen molar-refractivity contribution in [1.29, 1.82) is 0 Å². The molecule has 1 saturated carbocycles. The van der Waals surface area contributed by atoms with Crippen LogP contribution in [0.4, 0.5) is 0 Å². The lowest BCUT2D eigenvalue weighted by Crippen LogP contribution is -2.37. The van der Waals surface area contributed by atoms with Crippen molar-refractivity contribution in [2.45, 2.75) is 112 Å². The van der Waals surface area contributed by atoms with Gasteiger partial charge in [-0.3, -0.25) is 0 Å². The number of nitrogens with zero attached hydrogens (tertiary/aromatic N) is 1. The summed E-state index contributed by atoms with van der Waals surface area (Å²) in [7, 11) is 0. The molecule has 134 valence electrons. The minimum Gasteiger partial charge on any atom is -0.301 e. The molecule has 0 aromatic heterocycles. The van der Waals surface area contributed by atoms with Crippen molar-refractivity contribution in [2.75, 3.05) is 13.1 Å². The first kappa shape index (κ1) is 24.0. The predicted octanol–water partition coefficient (Wildman–Crippen LogP) is 7.22. The van der Waals surface area contributed by atoms with E-state index < -0.39 is 0 Å². The van der Waals surface area contributed by atoms with Crippen LogP contribution in [-0.2, 0) is 0 Å². The van der Waals surface area contributed by atoms with Crippen LogP contribution in [0.5, 0.6) is 0 Å². The molecule has 1 aliphatic carbocycles. The Balaban J connectivity index is 0. The fourth-order valence-corrected chi connectivity index (χ4v) is 2.87. The standard InChI is InChI=1S/C11H23N.C7H14.C3H8/c1-3-10-12(4-2)11-8-6-5-7-9-11;1-4-6-7(3)5-2;1-3-2/h11H,3-10H2,1-2H3;5H,4,6H2,1-3H3;3H2,1-2H3/b;7-5+;. The SMILES string of the molecule is C/C=C(\C)CCC.CCC.CCCN(CC)C1CCCCC1. The van der Waals surface area contributed by atoms with Gasteiger partial charge in [0.15, 0.2) is 0 Å². The number of rotatable bonds is 6. The van der Waals surface area contributed by atoms with Crippen LogP contribution in [0.3, 0.4) is 0 Å². The first-order valence-electron chi connectivity index (χ1n) is 9.96. The van der Waals surface area contributed by atoms with Crippen LogP contribution in [0, 0.1) is 0 Å². The molecular weight excluding hydrogens is 266 g/mol. The van der Waals surface area contributed by atoms with Gasteiger partial charge in [0.25, 0.3) is 0 Å². The highest BCUT2D eigenvalue weighted by Crippen LogP contribution is 2.22. The fourth-order valence-electron chi connectivity index (χ4n) is 2.87. The second-order valence-corrected chi connectivity index (χ2v) is 6.51. The third-order valence-electron chi connectivity index (χ3n) is 4.15. The van der Waals surface area contributed by atoms with Crippen molar-refractivity contribution in [3.63, 3.8) is 0 Å². The van der Waals surface area contributed by atoms with Gasteiger partial charge in [-0.2, -0.15) is 0 Å². The average Bonchev–Trinajstić information content (AvgIpc) is 2.55. The van der Waals surface area contributed by atoms with Crippen LogP contribution < -0.4 is 0 Å². The van der Waals surface area contributed by atoms with Crippen molar-refractivity contribution in [2.24, 2.45) is 0 Å². The van der Waals surface area contributed by atoms with Gasteiger partial charge >= 0.3 is 0 Å². The summed E-state index contributed by atoms with van der Waals surface area (Å²) in [4.78, 5) is 2.67. The van der Waals surface area contributed by atoms with Gasteiger partial charge < -0.3 is 4.90 Å². The predicted molar refractivity (Wildman–Crippen MR) is 105 cm³/mol. The number of hydrogen-bond donors (Lipinski definition) is 0. The van der Waals surface area contributed by atoms with Gasteiger partial charge in [0.2, 0.25) is 0 Å². The summed E-state index contributed by atoms with van der Waals surface area (Å²) in [6.07, 6.45) is 14.6. The molecule has 0 unspecified atom stereocenters. The Hall–Kier alpha value is -0.300. The van der Waals surface area contributed by atoms with E-state index in [0.717, 1.165) is 6.04 Å². The van der Waals surface area contributed by atoms with E-state index in [2.05, 4.69) is 59.4 Å². The maximum atomic E-state index is 2.67. The minimum atomic E-state index is 0.920. The minimum absolute atomic E-state index is 0.920. The summed E-state index contributed by atoms with van der Waals surface area (Å²) in [5.41, 5.74) is 1.50. The molecular formula is C21H45N. The maximum absolute atomic E-state index is 2.67. The first-order chi connectivity index (χ1) is 10.6. The molecule has 1 aliphatic rings. The van der Waals surface area contributed by atoms with E-state index in [1.165, 1.54) is 76.5 Å². The van der Waals surface area contributed by atoms with Gasteiger partial charge in [-0.1, -0.05) is 78.4 Å². The van der Waals surface area contributed by atoms with Crippen LogP contribution in [-0.4, -0.2) is 24.0 Å². The van der Waals surface area contributed by atoms with E-state index in [1.54, 1.807) is 0 Å². The van der Waals surface area contributed by atoms with E-state index in [0.29, 0.717) is 0 Å². The molecule has 0 aromatic rings. The zero-order valence-electron chi connectivity index (χ0n) is 16.9. The lowest BCUT2D eigenvalue weighted by molar-refractivity contribution is 0.164. The Kier molecular flexibility index (Phi) is 20.4. The topological polar surface area (TPSA) is 3.24 Å². The summed E-state index contributed by atoms with van der Waals surface area (Å²) in [5, 5.41) is 0. The van der Waals surface area contributed by atoms with E-state index in [9.17, 15) is 0 Å². The summed E-state index contributed by atoms with van der Waals surface area (Å²) < 4.78 is 0. The zero-order chi connectivity index (χ0) is 17.2. The van der Waals surface area contributed by atoms with Gasteiger partial charge in [0, 0.05) is 6.04 Å². The normalized spacial score (nSPS) is 15.7. The molecule has 0 bridgehead atoms. The molecule has 0 aromatic carbocycles. The quantitative estimate of drug-likeness (QED) is 0.468. The van der Waals surface area contributed by atoms with Crippen LogP contribution in [0.1, 0.15) is 106 Å².